The molecule has 0 amide bonds. The van der Waals surface area contributed by atoms with Gasteiger partial charge in [0.05, 0.1) is 33.0 Å². The molecule has 130 valence electrons. The molecule has 0 aliphatic heterocycles. The van der Waals surface area contributed by atoms with Crippen LogP contribution in [0.1, 0.15) is 31.7 Å². The standard InChI is InChI=1S/C18H24N2O4/c1-22-15-11-17(24-3)16(23-2)10-14(15)18-19-8-9-20(18)12-4-6-13(21)7-5-12/h8-13,21H,4-7H2,1-3H3. The monoisotopic (exact) mass is 332 g/mol. The van der Waals surface area contributed by atoms with E-state index >= 15 is 0 Å². The summed E-state index contributed by atoms with van der Waals surface area (Å²) in [7, 11) is 4.85. The molecule has 0 atom stereocenters. The van der Waals surface area contributed by atoms with E-state index < -0.39 is 0 Å². The molecule has 0 saturated heterocycles. The maximum absolute atomic E-state index is 9.74. The molecule has 2 aromatic rings. The van der Waals surface area contributed by atoms with Crippen molar-refractivity contribution in [2.75, 3.05) is 21.3 Å². The molecule has 1 heterocycles. The quantitative estimate of drug-likeness (QED) is 0.911. The molecule has 3 rings (SSSR count). The third-order valence-corrected chi connectivity index (χ3v) is 4.67. The Kier molecular flexibility index (Phi) is 4.94. The van der Waals surface area contributed by atoms with E-state index in [1.165, 1.54) is 0 Å². The fraction of sp³-hybridized carbons (Fsp3) is 0.500. The molecular formula is C18H24N2O4. The van der Waals surface area contributed by atoms with Crippen LogP contribution < -0.4 is 14.2 Å². The second-order valence-electron chi connectivity index (χ2n) is 6.03. The minimum absolute atomic E-state index is 0.177. The number of imidazole rings is 1. The van der Waals surface area contributed by atoms with Gasteiger partial charge in [0.2, 0.25) is 0 Å². The summed E-state index contributed by atoms with van der Waals surface area (Å²) in [4.78, 5) is 4.54. The Morgan fingerprint density at radius 3 is 2.21 bits per heavy atom. The van der Waals surface area contributed by atoms with E-state index in [0.717, 1.165) is 37.1 Å². The minimum Gasteiger partial charge on any atom is -0.496 e. The molecule has 1 aromatic carbocycles. The maximum Gasteiger partial charge on any atom is 0.164 e. The van der Waals surface area contributed by atoms with Gasteiger partial charge in [-0.15, -0.1) is 0 Å². The first-order valence-electron chi connectivity index (χ1n) is 8.19. The van der Waals surface area contributed by atoms with E-state index in [-0.39, 0.29) is 6.10 Å². The largest absolute Gasteiger partial charge is 0.496 e. The third kappa shape index (κ3) is 3.06. The highest BCUT2D eigenvalue weighted by Crippen LogP contribution is 2.41. The Labute approximate surface area is 142 Å². The van der Waals surface area contributed by atoms with E-state index in [2.05, 4.69) is 9.55 Å². The van der Waals surface area contributed by atoms with Crippen molar-refractivity contribution in [2.45, 2.75) is 37.8 Å². The van der Waals surface area contributed by atoms with Gasteiger partial charge in [0.25, 0.3) is 0 Å². The molecular weight excluding hydrogens is 308 g/mol. The van der Waals surface area contributed by atoms with Crippen LogP contribution in [0.5, 0.6) is 17.2 Å². The van der Waals surface area contributed by atoms with Gasteiger partial charge in [-0.25, -0.2) is 4.98 Å². The van der Waals surface area contributed by atoms with Crippen LogP contribution in [0.2, 0.25) is 0 Å². The van der Waals surface area contributed by atoms with E-state index in [1.807, 2.05) is 18.3 Å². The number of rotatable bonds is 5. The van der Waals surface area contributed by atoms with Crippen molar-refractivity contribution in [1.82, 2.24) is 9.55 Å². The van der Waals surface area contributed by atoms with Gasteiger partial charge in [0.1, 0.15) is 11.6 Å². The summed E-state index contributed by atoms with van der Waals surface area (Å²) in [5.74, 6) is 2.80. The van der Waals surface area contributed by atoms with Crippen LogP contribution in [-0.4, -0.2) is 42.1 Å². The minimum atomic E-state index is -0.177. The van der Waals surface area contributed by atoms with Crippen LogP contribution in [0.25, 0.3) is 11.4 Å². The lowest BCUT2D eigenvalue weighted by Crippen LogP contribution is -2.21. The highest BCUT2D eigenvalue weighted by molar-refractivity contribution is 5.70. The van der Waals surface area contributed by atoms with E-state index in [9.17, 15) is 5.11 Å². The molecule has 24 heavy (non-hydrogen) atoms. The Morgan fingerprint density at radius 2 is 1.58 bits per heavy atom. The average molecular weight is 332 g/mol. The highest BCUT2D eigenvalue weighted by atomic mass is 16.5. The van der Waals surface area contributed by atoms with Crippen LogP contribution in [0, 0.1) is 0 Å². The summed E-state index contributed by atoms with van der Waals surface area (Å²) in [5.41, 5.74) is 0.867. The SMILES string of the molecule is COc1cc(OC)c(-c2nccn2C2CCC(O)CC2)cc1OC. The second-order valence-corrected chi connectivity index (χ2v) is 6.03. The fourth-order valence-electron chi connectivity index (χ4n) is 3.36. The van der Waals surface area contributed by atoms with E-state index in [1.54, 1.807) is 27.5 Å². The number of ether oxygens (including phenoxy) is 3. The van der Waals surface area contributed by atoms with Gasteiger partial charge in [-0.1, -0.05) is 0 Å². The van der Waals surface area contributed by atoms with Crippen molar-refractivity contribution in [3.05, 3.63) is 24.5 Å². The number of aromatic nitrogens is 2. The first-order valence-corrected chi connectivity index (χ1v) is 8.19. The van der Waals surface area contributed by atoms with Crippen molar-refractivity contribution in [3.63, 3.8) is 0 Å². The summed E-state index contributed by atoms with van der Waals surface area (Å²) < 4.78 is 18.5. The normalized spacial score (nSPS) is 20.7. The van der Waals surface area contributed by atoms with Gasteiger partial charge in [-0.05, 0) is 31.7 Å². The Balaban J connectivity index is 2.02. The van der Waals surface area contributed by atoms with Gasteiger partial charge in [-0.2, -0.15) is 0 Å². The molecule has 6 heteroatoms. The topological polar surface area (TPSA) is 65.7 Å². The first-order chi connectivity index (χ1) is 11.7. The zero-order valence-corrected chi connectivity index (χ0v) is 14.4. The Hall–Kier alpha value is -2.21. The Bertz CT molecular complexity index is 690. The second kappa shape index (κ2) is 7.13. The lowest BCUT2D eigenvalue weighted by atomic mass is 9.93. The van der Waals surface area contributed by atoms with Crippen LogP contribution >= 0.6 is 0 Å². The van der Waals surface area contributed by atoms with Gasteiger partial charge in [0.15, 0.2) is 11.5 Å². The van der Waals surface area contributed by atoms with Crippen LogP contribution in [0.15, 0.2) is 24.5 Å². The Morgan fingerprint density at radius 1 is 0.958 bits per heavy atom. The van der Waals surface area contributed by atoms with Gasteiger partial charge >= 0.3 is 0 Å². The van der Waals surface area contributed by atoms with Crippen LogP contribution in [-0.2, 0) is 0 Å². The molecule has 1 aromatic heterocycles. The maximum atomic E-state index is 9.74. The molecule has 0 bridgehead atoms. The summed E-state index contributed by atoms with van der Waals surface area (Å²) >= 11 is 0. The molecule has 1 N–H and O–H groups in total. The van der Waals surface area contributed by atoms with Crippen molar-refractivity contribution >= 4 is 0 Å². The summed E-state index contributed by atoms with van der Waals surface area (Å²) in [6.45, 7) is 0. The summed E-state index contributed by atoms with van der Waals surface area (Å²) in [6.07, 6.45) is 7.16. The number of benzene rings is 1. The molecule has 0 radical (unpaired) electrons. The van der Waals surface area contributed by atoms with Crippen molar-refractivity contribution in [1.29, 1.82) is 0 Å². The number of aliphatic hydroxyl groups is 1. The zero-order chi connectivity index (χ0) is 17.1. The van der Waals surface area contributed by atoms with Gasteiger partial charge in [0, 0.05) is 24.5 Å². The number of hydrogen-bond donors (Lipinski definition) is 1. The van der Waals surface area contributed by atoms with E-state index in [4.69, 9.17) is 14.2 Å². The van der Waals surface area contributed by atoms with Crippen molar-refractivity contribution in [3.8, 4) is 28.6 Å². The summed E-state index contributed by atoms with van der Waals surface area (Å²) in [5, 5.41) is 9.74. The molecule has 1 aliphatic rings. The smallest absolute Gasteiger partial charge is 0.164 e. The highest BCUT2D eigenvalue weighted by Gasteiger charge is 2.24. The zero-order valence-electron chi connectivity index (χ0n) is 14.4. The average Bonchev–Trinajstić information content (AvgIpc) is 3.10. The summed E-state index contributed by atoms with van der Waals surface area (Å²) in [6, 6.07) is 4.05. The molecule has 1 saturated carbocycles. The predicted molar refractivity (Wildman–Crippen MR) is 90.8 cm³/mol. The first kappa shape index (κ1) is 16.6. The number of methoxy groups -OCH3 is 3. The number of aliphatic hydroxyl groups excluding tert-OH is 1. The van der Waals surface area contributed by atoms with Gasteiger partial charge in [-0.3, -0.25) is 0 Å². The van der Waals surface area contributed by atoms with Crippen molar-refractivity contribution < 1.29 is 19.3 Å². The lowest BCUT2D eigenvalue weighted by Gasteiger charge is -2.28. The molecule has 6 nitrogen and oxygen atoms in total. The number of nitrogens with zero attached hydrogens (tertiary/aromatic N) is 2. The third-order valence-electron chi connectivity index (χ3n) is 4.67. The lowest BCUT2D eigenvalue weighted by molar-refractivity contribution is 0.111. The fourth-order valence-corrected chi connectivity index (χ4v) is 3.36. The molecule has 1 fully saturated rings. The predicted octanol–water partition coefficient (Wildman–Crippen LogP) is 3.05. The number of hydrogen-bond acceptors (Lipinski definition) is 5. The van der Waals surface area contributed by atoms with Crippen LogP contribution in [0.4, 0.5) is 0 Å². The molecule has 1 aliphatic carbocycles. The van der Waals surface area contributed by atoms with Gasteiger partial charge < -0.3 is 23.9 Å². The molecule has 0 spiro atoms. The van der Waals surface area contributed by atoms with Crippen LogP contribution in [0.3, 0.4) is 0 Å². The van der Waals surface area contributed by atoms with Crippen molar-refractivity contribution in [2.24, 2.45) is 0 Å². The molecule has 0 unspecified atom stereocenters. The van der Waals surface area contributed by atoms with E-state index in [0.29, 0.717) is 23.3 Å².